The number of nitrogens with zero attached hydrogens (tertiary/aromatic N) is 2. The SMILES string of the molecule is CN(C)[C@H]1C(=O)C(C(N)=O)C(=O)[C@@]2(O)C(=O)C3C(=O)c4c(O)ccc(CN5CCCCC5)c4C[C@H]3C[C@@H]12. The molecule has 37 heavy (non-hydrogen) atoms. The van der Waals surface area contributed by atoms with E-state index >= 15 is 0 Å². The van der Waals surface area contributed by atoms with E-state index in [1.54, 1.807) is 14.1 Å². The van der Waals surface area contributed by atoms with Crippen LogP contribution in [0.2, 0.25) is 0 Å². The van der Waals surface area contributed by atoms with Crippen molar-refractivity contribution in [2.24, 2.45) is 29.4 Å². The van der Waals surface area contributed by atoms with Crippen LogP contribution in [0.5, 0.6) is 5.75 Å². The van der Waals surface area contributed by atoms with Crippen molar-refractivity contribution in [1.29, 1.82) is 0 Å². The third-order valence-electron chi connectivity index (χ3n) is 8.88. The maximum absolute atomic E-state index is 13.8. The Kier molecular flexibility index (Phi) is 6.32. The number of benzene rings is 1. The number of fused-ring (bicyclic) bond motifs is 3. The Morgan fingerprint density at radius 3 is 2.41 bits per heavy atom. The molecule has 1 aromatic carbocycles. The molecule has 5 rings (SSSR count). The van der Waals surface area contributed by atoms with Crippen molar-refractivity contribution in [3.8, 4) is 5.75 Å². The summed E-state index contributed by atoms with van der Waals surface area (Å²) in [5, 5.41) is 22.3. The molecule has 2 saturated carbocycles. The number of phenolic OH excluding ortho intramolecular Hbond substituents is 1. The van der Waals surface area contributed by atoms with Gasteiger partial charge in [-0.25, -0.2) is 0 Å². The van der Waals surface area contributed by atoms with Gasteiger partial charge in [-0.3, -0.25) is 33.8 Å². The zero-order chi connectivity index (χ0) is 26.8. The van der Waals surface area contributed by atoms with E-state index in [0.29, 0.717) is 18.5 Å². The first-order valence-electron chi connectivity index (χ1n) is 12.9. The molecule has 3 fully saturated rings. The highest BCUT2D eigenvalue weighted by Gasteiger charge is 2.69. The molecular formula is C27H33N3O7. The second kappa shape index (κ2) is 9.11. The van der Waals surface area contributed by atoms with Gasteiger partial charge in [0.2, 0.25) is 5.91 Å². The van der Waals surface area contributed by atoms with E-state index in [1.807, 2.05) is 6.07 Å². The number of Topliss-reactive ketones (excluding diaryl/α,β-unsaturated/α-hetero) is 4. The number of likely N-dealkylation sites (tertiary alicyclic amines) is 1. The number of ketones is 4. The first-order chi connectivity index (χ1) is 17.5. The van der Waals surface area contributed by atoms with Crippen molar-refractivity contribution < 1.29 is 34.2 Å². The summed E-state index contributed by atoms with van der Waals surface area (Å²) in [5.74, 6) is -10.1. The summed E-state index contributed by atoms with van der Waals surface area (Å²) in [7, 11) is 3.15. The number of carbonyl (C=O) groups excluding carboxylic acids is 5. The summed E-state index contributed by atoms with van der Waals surface area (Å²) in [6, 6.07) is 2.17. The topological polar surface area (TPSA) is 158 Å². The number of phenols is 1. The van der Waals surface area contributed by atoms with Gasteiger partial charge < -0.3 is 15.9 Å². The molecule has 0 spiro atoms. The molecule has 0 radical (unpaired) electrons. The third kappa shape index (κ3) is 3.76. The Bertz CT molecular complexity index is 1200. The molecule has 198 valence electrons. The minimum absolute atomic E-state index is 0.0566. The Balaban J connectivity index is 1.58. The normalized spacial score (nSPS) is 34.2. The van der Waals surface area contributed by atoms with E-state index in [-0.39, 0.29) is 17.7 Å². The van der Waals surface area contributed by atoms with Crippen molar-refractivity contribution in [2.75, 3.05) is 27.2 Å². The molecule has 1 aromatic rings. The Hall–Kier alpha value is -2.95. The minimum atomic E-state index is -2.70. The fourth-order valence-corrected chi connectivity index (χ4v) is 7.18. The molecule has 0 bridgehead atoms. The van der Waals surface area contributed by atoms with Crippen LogP contribution in [0.1, 0.15) is 47.2 Å². The molecule has 1 heterocycles. The number of primary amides is 1. The molecule has 0 aromatic heterocycles. The number of aromatic hydroxyl groups is 1. The van der Waals surface area contributed by atoms with Crippen LogP contribution in [0.25, 0.3) is 0 Å². The molecule has 4 N–H and O–H groups in total. The second-order valence-electron chi connectivity index (χ2n) is 11.2. The Morgan fingerprint density at radius 1 is 1.11 bits per heavy atom. The number of nitrogens with two attached hydrogens (primary N) is 1. The highest BCUT2D eigenvalue weighted by atomic mass is 16.3. The van der Waals surface area contributed by atoms with Crippen LogP contribution >= 0.6 is 0 Å². The lowest BCUT2D eigenvalue weighted by Crippen LogP contribution is -2.74. The van der Waals surface area contributed by atoms with Gasteiger partial charge in [-0.05, 0) is 76.0 Å². The van der Waals surface area contributed by atoms with Gasteiger partial charge in [0, 0.05) is 12.5 Å². The van der Waals surface area contributed by atoms with Crippen molar-refractivity contribution in [3.63, 3.8) is 0 Å². The number of carbonyl (C=O) groups is 5. The van der Waals surface area contributed by atoms with Crippen LogP contribution in [-0.4, -0.2) is 87.9 Å². The maximum Gasteiger partial charge on any atom is 0.235 e. The maximum atomic E-state index is 13.8. The van der Waals surface area contributed by atoms with Gasteiger partial charge in [0.15, 0.2) is 34.7 Å². The van der Waals surface area contributed by atoms with Crippen LogP contribution in [0.15, 0.2) is 12.1 Å². The monoisotopic (exact) mass is 511 g/mol. The first kappa shape index (κ1) is 25.7. The number of amides is 1. The minimum Gasteiger partial charge on any atom is -0.507 e. The molecule has 2 unspecified atom stereocenters. The zero-order valence-electron chi connectivity index (χ0n) is 21.1. The second-order valence-corrected chi connectivity index (χ2v) is 11.2. The van der Waals surface area contributed by atoms with Crippen LogP contribution < -0.4 is 5.73 Å². The number of aliphatic hydroxyl groups is 1. The average Bonchev–Trinajstić information content (AvgIpc) is 2.83. The molecule has 4 aliphatic rings. The quantitative estimate of drug-likeness (QED) is 0.468. The van der Waals surface area contributed by atoms with E-state index in [4.69, 9.17) is 5.73 Å². The van der Waals surface area contributed by atoms with E-state index in [2.05, 4.69) is 4.90 Å². The first-order valence-corrected chi connectivity index (χ1v) is 12.9. The predicted octanol–water partition coefficient (Wildman–Crippen LogP) is -0.147. The fraction of sp³-hybridized carbons (Fsp3) is 0.593. The summed E-state index contributed by atoms with van der Waals surface area (Å²) >= 11 is 0. The lowest BCUT2D eigenvalue weighted by atomic mass is 9.52. The Labute approximate surface area is 214 Å². The molecule has 1 saturated heterocycles. The number of piperidine rings is 1. The predicted molar refractivity (Wildman–Crippen MR) is 130 cm³/mol. The van der Waals surface area contributed by atoms with E-state index in [9.17, 15) is 34.2 Å². The molecule has 3 aliphatic carbocycles. The van der Waals surface area contributed by atoms with Crippen LogP contribution in [0.3, 0.4) is 0 Å². The van der Waals surface area contributed by atoms with Gasteiger partial charge in [-0.15, -0.1) is 0 Å². The molecule has 1 amide bonds. The highest BCUT2D eigenvalue weighted by Crippen LogP contribution is 2.51. The largest absolute Gasteiger partial charge is 0.507 e. The zero-order valence-corrected chi connectivity index (χ0v) is 21.1. The van der Waals surface area contributed by atoms with Crippen LogP contribution in [-0.2, 0) is 32.1 Å². The van der Waals surface area contributed by atoms with E-state index in [0.717, 1.165) is 31.5 Å². The summed E-state index contributed by atoms with van der Waals surface area (Å²) in [5.41, 5.74) is 4.29. The van der Waals surface area contributed by atoms with Gasteiger partial charge >= 0.3 is 0 Å². The summed E-state index contributed by atoms with van der Waals surface area (Å²) in [6.07, 6.45) is 3.73. The van der Waals surface area contributed by atoms with Crippen molar-refractivity contribution in [3.05, 3.63) is 28.8 Å². The average molecular weight is 512 g/mol. The van der Waals surface area contributed by atoms with Gasteiger partial charge in [-0.2, -0.15) is 0 Å². The smallest absolute Gasteiger partial charge is 0.235 e. The molecule has 1 aliphatic heterocycles. The highest BCUT2D eigenvalue weighted by molar-refractivity contribution is 6.32. The number of hydrogen-bond acceptors (Lipinski definition) is 9. The fourth-order valence-electron chi connectivity index (χ4n) is 7.18. The third-order valence-corrected chi connectivity index (χ3v) is 8.88. The summed E-state index contributed by atoms with van der Waals surface area (Å²) < 4.78 is 0. The lowest BCUT2D eigenvalue weighted by Gasteiger charge is -2.52. The van der Waals surface area contributed by atoms with Crippen molar-refractivity contribution >= 4 is 29.0 Å². The lowest BCUT2D eigenvalue weighted by molar-refractivity contribution is -0.181. The molecule has 10 heteroatoms. The van der Waals surface area contributed by atoms with Crippen molar-refractivity contribution in [1.82, 2.24) is 9.80 Å². The van der Waals surface area contributed by atoms with Crippen molar-refractivity contribution in [2.45, 2.75) is 50.3 Å². The van der Waals surface area contributed by atoms with E-state index in [1.165, 1.54) is 17.4 Å². The van der Waals surface area contributed by atoms with Crippen LogP contribution in [0.4, 0.5) is 0 Å². The standard InChI is InChI=1S/C27H33N3O7/c1-29(2)21-16-11-14-10-15-13(12-30-8-4-3-5-9-30)6-7-17(31)19(15)22(32)18(14)24(34)27(16,37)25(35)20(23(21)33)26(28)36/h6-7,14,16,18,20-21,31,37H,3-5,8-12H2,1-2H3,(H2,28,36)/t14-,16-,18?,20?,21+,27-/m0/s1. The summed E-state index contributed by atoms with van der Waals surface area (Å²) in [4.78, 5) is 69.9. The Morgan fingerprint density at radius 2 is 1.78 bits per heavy atom. The van der Waals surface area contributed by atoms with E-state index < -0.39 is 64.4 Å². The van der Waals surface area contributed by atoms with Crippen LogP contribution in [0, 0.1) is 23.7 Å². The molecule has 6 atom stereocenters. The number of hydrogen-bond donors (Lipinski definition) is 3. The molecule has 10 nitrogen and oxygen atoms in total. The molecular weight excluding hydrogens is 478 g/mol. The van der Waals surface area contributed by atoms with Gasteiger partial charge in [-0.1, -0.05) is 12.5 Å². The number of likely N-dealkylation sites (N-methyl/N-ethyl adjacent to an activating group) is 1. The van der Waals surface area contributed by atoms with Gasteiger partial charge in [0.25, 0.3) is 0 Å². The van der Waals surface area contributed by atoms with Gasteiger partial charge in [0.1, 0.15) is 5.75 Å². The van der Waals surface area contributed by atoms with Gasteiger partial charge in [0.05, 0.1) is 17.5 Å². The number of rotatable bonds is 4. The summed E-state index contributed by atoms with van der Waals surface area (Å²) in [6.45, 7) is 2.50.